The van der Waals surface area contributed by atoms with E-state index in [4.69, 9.17) is 9.26 Å². The van der Waals surface area contributed by atoms with E-state index in [9.17, 15) is 9.59 Å². The normalized spacial score (nSPS) is 26.8. The molecule has 1 saturated carbocycles. The van der Waals surface area contributed by atoms with E-state index >= 15 is 0 Å². The van der Waals surface area contributed by atoms with Crippen molar-refractivity contribution in [2.24, 2.45) is 5.92 Å². The molecule has 2 saturated heterocycles. The molecule has 0 radical (unpaired) electrons. The summed E-state index contributed by atoms with van der Waals surface area (Å²) in [5.74, 6) is 0.765. The summed E-state index contributed by atoms with van der Waals surface area (Å²) in [4.78, 5) is 27.2. The van der Waals surface area contributed by atoms with Crippen molar-refractivity contribution >= 4 is 17.5 Å². The van der Waals surface area contributed by atoms with Gasteiger partial charge in [-0.25, -0.2) is 0 Å². The highest BCUT2D eigenvalue weighted by atomic mass is 16.5. The lowest BCUT2D eigenvalue weighted by Gasteiger charge is -2.32. The molecule has 7 nitrogen and oxygen atoms in total. The Morgan fingerprint density at radius 1 is 1.15 bits per heavy atom. The summed E-state index contributed by atoms with van der Waals surface area (Å²) in [5, 5.41) is 6.89. The summed E-state index contributed by atoms with van der Waals surface area (Å²) in [6.07, 6.45) is 2.42. The molecule has 140 valence electrons. The van der Waals surface area contributed by atoms with E-state index in [1.807, 2.05) is 30.3 Å². The molecular weight excluding hydrogens is 346 g/mol. The summed E-state index contributed by atoms with van der Waals surface area (Å²) < 4.78 is 11.2. The number of nitrogens with zero attached hydrogens (tertiary/aromatic N) is 2. The number of rotatable bonds is 4. The maximum absolute atomic E-state index is 12.8. The van der Waals surface area contributed by atoms with Crippen molar-refractivity contribution in [3.8, 4) is 0 Å². The van der Waals surface area contributed by atoms with Gasteiger partial charge in [0, 0.05) is 30.8 Å². The van der Waals surface area contributed by atoms with Gasteiger partial charge in [-0.2, -0.15) is 0 Å². The second-order valence-corrected chi connectivity index (χ2v) is 7.59. The quantitative estimate of drug-likeness (QED) is 0.897. The highest BCUT2D eigenvalue weighted by molar-refractivity contribution is 5.94. The van der Waals surface area contributed by atoms with E-state index in [0.29, 0.717) is 31.1 Å². The maximum atomic E-state index is 12.8. The average Bonchev–Trinajstić information content (AvgIpc) is 3.34. The van der Waals surface area contributed by atoms with E-state index in [1.165, 1.54) is 0 Å². The first kappa shape index (κ1) is 16.5. The number of anilines is 1. The molecule has 5 rings (SSSR count). The number of aromatic nitrogens is 1. The molecule has 3 atom stereocenters. The highest BCUT2D eigenvalue weighted by Gasteiger charge is 2.46. The van der Waals surface area contributed by atoms with Crippen LogP contribution in [0.1, 0.15) is 41.4 Å². The molecule has 1 aromatic heterocycles. The number of benzene rings is 1. The number of amides is 2. The van der Waals surface area contributed by atoms with Gasteiger partial charge in [0.25, 0.3) is 5.91 Å². The standard InChI is InChI=1S/C20H21N3O4/c24-19(21-13-4-2-1-3-5-13)15-8-14-10-23(11-18(15)26-14)20(25)16-9-17(27-22-16)12-6-7-12/h1-5,9,12,14-15,18H,6-8,10-11H2,(H,21,24). The molecule has 2 aromatic rings. The van der Waals surface area contributed by atoms with Gasteiger partial charge in [0.15, 0.2) is 5.69 Å². The number of carbonyl (C=O) groups is 2. The van der Waals surface area contributed by atoms with E-state index in [-0.39, 0.29) is 29.9 Å². The van der Waals surface area contributed by atoms with Crippen LogP contribution in [0.15, 0.2) is 40.9 Å². The SMILES string of the molecule is O=C(Nc1ccccc1)C1CC2CN(C(=O)c3cc(C4CC4)on3)CC1O2. The van der Waals surface area contributed by atoms with Gasteiger partial charge in [-0.05, 0) is 31.4 Å². The fourth-order valence-electron chi connectivity index (χ4n) is 3.97. The Labute approximate surface area is 156 Å². The fraction of sp³-hybridized carbons (Fsp3) is 0.450. The second kappa shape index (κ2) is 6.49. The van der Waals surface area contributed by atoms with Crippen LogP contribution in [-0.4, -0.2) is 47.2 Å². The summed E-state index contributed by atoms with van der Waals surface area (Å²) in [6, 6.07) is 11.1. The van der Waals surface area contributed by atoms with E-state index < -0.39 is 0 Å². The maximum Gasteiger partial charge on any atom is 0.276 e. The lowest BCUT2D eigenvalue weighted by atomic mass is 9.99. The molecule has 1 aliphatic carbocycles. The first-order valence-corrected chi connectivity index (χ1v) is 9.44. The zero-order valence-electron chi connectivity index (χ0n) is 14.8. The summed E-state index contributed by atoms with van der Waals surface area (Å²) in [6.45, 7) is 0.879. The third kappa shape index (κ3) is 3.23. The van der Waals surface area contributed by atoms with Crippen LogP contribution in [0.3, 0.4) is 0 Å². The largest absolute Gasteiger partial charge is 0.370 e. The van der Waals surface area contributed by atoms with Crippen LogP contribution in [0.4, 0.5) is 5.69 Å². The first-order chi connectivity index (χ1) is 13.2. The van der Waals surface area contributed by atoms with Gasteiger partial charge in [-0.3, -0.25) is 9.59 Å². The molecule has 3 aliphatic rings. The van der Waals surface area contributed by atoms with Gasteiger partial charge >= 0.3 is 0 Å². The molecular formula is C20H21N3O4. The Balaban J connectivity index is 1.25. The second-order valence-electron chi connectivity index (χ2n) is 7.59. The smallest absolute Gasteiger partial charge is 0.276 e. The zero-order valence-corrected chi connectivity index (χ0v) is 14.8. The molecule has 1 N–H and O–H groups in total. The molecule has 27 heavy (non-hydrogen) atoms. The molecule has 2 bridgehead atoms. The molecule has 3 fully saturated rings. The summed E-state index contributed by atoms with van der Waals surface area (Å²) >= 11 is 0. The zero-order chi connectivity index (χ0) is 18.4. The molecule has 1 aromatic carbocycles. The van der Waals surface area contributed by atoms with Gasteiger partial charge in [0.1, 0.15) is 5.76 Å². The van der Waals surface area contributed by atoms with Gasteiger partial charge in [-0.1, -0.05) is 23.4 Å². The number of carbonyl (C=O) groups excluding carboxylic acids is 2. The van der Waals surface area contributed by atoms with Gasteiger partial charge in [0.2, 0.25) is 5.91 Å². The highest BCUT2D eigenvalue weighted by Crippen LogP contribution is 2.40. The third-order valence-corrected chi connectivity index (χ3v) is 5.55. The van der Waals surface area contributed by atoms with Crippen molar-refractivity contribution in [1.29, 1.82) is 0 Å². The van der Waals surface area contributed by atoms with Crippen molar-refractivity contribution in [1.82, 2.24) is 10.1 Å². The van der Waals surface area contributed by atoms with E-state index in [1.54, 1.807) is 11.0 Å². The predicted octanol–water partition coefficient (Wildman–Crippen LogP) is 2.42. The lowest BCUT2D eigenvalue weighted by molar-refractivity contribution is -0.122. The number of hydrogen-bond donors (Lipinski definition) is 1. The van der Waals surface area contributed by atoms with Crippen LogP contribution in [0.2, 0.25) is 0 Å². The average molecular weight is 367 g/mol. The Morgan fingerprint density at radius 3 is 2.74 bits per heavy atom. The number of nitrogens with one attached hydrogen (secondary N) is 1. The van der Waals surface area contributed by atoms with Crippen LogP contribution < -0.4 is 5.32 Å². The van der Waals surface area contributed by atoms with Crippen LogP contribution in [0.5, 0.6) is 0 Å². The number of para-hydroxylation sites is 1. The Kier molecular flexibility index (Phi) is 3.97. The molecule has 0 spiro atoms. The number of morpholine rings is 1. The minimum absolute atomic E-state index is 0.0551. The molecule has 3 unspecified atom stereocenters. The number of fused-ring (bicyclic) bond motifs is 2. The van der Waals surface area contributed by atoms with Crippen molar-refractivity contribution in [3.63, 3.8) is 0 Å². The van der Waals surface area contributed by atoms with Crippen LogP contribution in [0.25, 0.3) is 0 Å². The van der Waals surface area contributed by atoms with Crippen LogP contribution in [0, 0.1) is 5.92 Å². The lowest BCUT2D eigenvalue weighted by Crippen LogP contribution is -2.47. The van der Waals surface area contributed by atoms with Gasteiger partial charge in [0.05, 0.1) is 18.1 Å². The monoisotopic (exact) mass is 367 g/mol. The Morgan fingerprint density at radius 2 is 1.96 bits per heavy atom. The van der Waals surface area contributed by atoms with E-state index in [0.717, 1.165) is 24.3 Å². The van der Waals surface area contributed by atoms with Crippen molar-refractivity contribution < 1.29 is 18.8 Å². The van der Waals surface area contributed by atoms with E-state index in [2.05, 4.69) is 10.5 Å². The Hall–Kier alpha value is -2.67. The first-order valence-electron chi connectivity index (χ1n) is 9.44. The van der Waals surface area contributed by atoms with Gasteiger partial charge in [-0.15, -0.1) is 0 Å². The molecule has 3 heterocycles. The third-order valence-electron chi connectivity index (χ3n) is 5.55. The van der Waals surface area contributed by atoms with Crippen molar-refractivity contribution in [2.75, 3.05) is 18.4 Å². The van der Waals surface area contributed by atoms with Crippen LogP contribution >= 0.6 is 0 Å². The fourth-order valence-corrected chi connectivity index (χ4v) is 3.97. The molecule has 2 amide bonds. The summed E-state index contributed by atoms with van der Waals surface area (Å²) in [5.41, 5.74) is 1.12. The number of hydrogen-bond acceptors (Lipinski definition) is 5. The van der Waals surface area contributed by atoms with Crippen molar-refractivity contribution in [3.05, 3.63) is 47.9 Å². The summed E-state index contributed by atoms with van der Waals surface area (Å²) in [7, 11) is 0. The van der Waals surface area contributed by atoms with Crippen molar-refractivity contribution in [2.45, 2.75) is 37.4 Å². The molecule has 7 heteroatoms. The number of likely N-dealkylation sites (tertiary alicyclic amines) is 1. The van der Waals surface area contributed by atoms with Gasteiger partial charge < -0.3 is 19.5 Å². The molecule has 2 aliphatic heterocycles. The van der Waals surface area contributed by atoms with Crippen LogP contribution in [-0.2, 0) is 9.53 Å². The minimum atomic E-state index is -0.286. The predicted molar refractivity (Wildman–Crippen MR) is 96.2 cm³/mol. The topological polar surface area (TPSA) is 84.7 Å². The number of ether oxygens (including phenoxy) is 1. The minimum Gasteiger partial charge on any atom is -0.370 e. The Bertz CT molecular complexity index is 861.